The molecule has 3 rings (SSSR count). The van der Waals surface area contributed by atoms with Crippen molar-refractivity contribution in [2.75, 3.05) is 11.9 Å². The molecule has 0 unspecified atom stereocenters. The summed E-state index contributed by atoms with van der Waals surface area (Å²) in [7, 11) is 0. The fourth-order valence-electron chi connectivity index (χ4n) is 3.10. The zero-order chi connectivity index (χ0) is 20.1. The van der Waals surface area contributed by atoms with E-state index in [1.54, 1.807) is 4.52 Å². The van der Waals surface area contributed by atoms with Crippen LogP contribution in [0.5, 0.6) is 0 Å². The van der Waals surface area contributed by atoms with E-state index >= 15 is 0 Å². The normalized spacial score (nSPS) is 10.8. The molecule has 0 atom stereocenters. The number of esters is 1. The minimum atomic E-state index is -0.434. The molecule has 1 N–H and O–H groups in total. The van der Waals surface area contributed by atoms with Gasteiger partial charge in [-0.25, -0.2) is 9.50 Å². The number of carbonyl (C=O) groups is 2. The van der Waals surface area contributed by atoms with Crippen molar-refractivity contribution >= 4 is 23.3 Å². The lowest BCUT2D eigenvalue weighted by Gasteiger charge is -2.11. The molecule has 0 radical (unpaired) electrons. The number of rotatable bonds is 7. The maximum Gasteiger partial charge on any atom is 0.306 e. The van der Waals surface area contributed by atoms with E-state index in [1.165, 1.54) is 6.33 Å². The number of hydrogen-bond acceptors (Lipinski definition) is 6. The summed E-state index contributed by atoms with van der Waals surface area (Å²) in [6.45, 7) is 5.49. The van der Waals surface area contributed by atoms with Crippen molar-refractivity contribution in [3.05, 3.63) is 53.1 Å². The number of fused-ring (bicyclic) bond motifs is 1. The van der Waals surface area contributed by atoms with E-state index in [-0.39, 0.29) is 18.9 Å². The maximum atomic E-state index is 12.1. The Balaban J connectivity index is 1.53. The van der Waals surface area contributed by atoms with Crippen molar-refractivity contribution in [2.24, 2.45) is 0 Å². The molecule has 0 bridgehead atoms. The van der Waals surface area contributed by atoms with Gasteiger partial charge in [0, 0.05) is 23.5 Å². The van der Waals surface area contributed by atoms with Gasteiger partial charge in [-0.05, 0) is 43.9 Å². The zero-order valence-electron chi connectivity index (χ0n) is 16.2. The third-order valence-electron chi connectivity index (χ3n) is 4.60. The summed E-state index contributed by atoms with van der Waals surface area (Å²) >= 11 is 0. The monoisotopic (exact) mass is 381 g/mol. The van der Waals surface area contributed by atoms with Crippen LogP contribution >= 0.6 is 0 Å². The molecule has 2 heterocycles. The number of amides is 1. The number of anilines is 1. The van der Waals surface area contributed by atoms with Gasteiger partial charge in [-0.1, -0.05) is 25.1 Å². The van der Waals surface area contributed by atoms with Crippen molar-refractivity contribution in [1.29, 1.82) is 0 Å². The van der Waals surface area contributed by atoms with Crippen molar-refractivity contribution in [3.8, 4) is 0 Å². The second-order valence-electron chi connectivity index (χ2n) is 6.45. The van der Waals surface area contributed by atoms with E-state index < -0.39 is 5.97 Å². The number of aryl methyl sites for hydroxylation is 3. The Kier molecular flexibility index (Phi) is 5.98. The van der Waals surface area contributed by atoms with E-state index in [4.69, 9.17) is 4.74 Å². The molecule has 1 amide bonds. The van der Waals surface area contributed by atoms with Gasteiger partial charge < -0.3 is 10.1 Å². The predicted octanol–water partition coefficient (Wildman–Crippen LogP) is 2.42. The Labute approximate surface area is 163 Å². The summed E-state index contributed by atoms with van der Waals surface area (Å²) in [4.78, 5) is 32.6. The predicted molar refractivity (Wildman–Crippen MR) is 104 cm³/mol. The molecule has 8 heteroatoms. The van der Waals surface area contributed by atoms with Gasteiger partial charge in [0.15, 0.2) is 6.61 Å². The van der Waals surface area contributed by atoms with E-state index in [0.29, 0.717) is 12.2 Å². The lowest BCUT2D eigenvalue weighted by molar-refractivity contribution is -0.147. The summed E-state index contributed by atoms with van der Waals surface area (Å²) in [6.07, 6.45) is 2.86. The van der Waals surface area contributed by atoms with E-state index in [2.05, 4.69) is 20.4 Å². The van der Waals surface area contributed by atoms with Crippen LogP contribution < -0.4 is 5.32 Å². The van der Waals surface area contributed by atoms with Crippen molar-refractivity contribution in [3.63, 3.8) is 0 Å². The average Bonchev–Trinajstić information content (AvgIpc) is 3.15. The third-order valence-corrected chi connectivity index (χ3v) is 4.60. The molecule has 146 valence electrons. The molecule has 0 aliphatic heterocycles. The standard InChI is InChI=1S/C20H23N5O3/c1-4-15-7-5-6-8-17(15)24-18(26)11-28-19(27)10-9-16-13(2)23-20-21-12-22-25(20)14(16)3/h5-8,12H,4,9-11H2,1-3H3,(H,24,26). The van der Waals surface area contributed by atoms with Crippen molar-refractivity contribution < 1.29 is 14.3 Å². The first-order valence-corrected chi connectivity index (χ1v) is 9.18. The first kappa shape index (κ1) is 19.5. The fourth-order valence-corrected chi connectivity index (χ4v) is 3.10. The highest BCUT2D eigenvalue weighted by atomic mass is 16.5. The number of nitrogens with one attached hydrogen (secondary N) is 1. The Hall–Kier alpha value is -3.29. The number of benzene rings is 1. The molecular weight excluding hydrogens is 358 g/mol. The van der Waals surface area contributed by atoms with Crippen molar-refractivity contribution in [1.82, 2.24) is 19.6 Å². The number of para-hydroxylation sites is 1. The minimum Gasteiger partial charge on any atom is -0.456 e. The Morgan fingerprint density at radius 3 is 2.79 bits per heavy atom. The van der Waals surface area contributed by atoms with Crippen LogP contribution in [-0.4, -0.2) is 38.1 Å². The van der Waals surface area contributed by atoms with Crippen LogP contribution in [0, 0.1) is 13.8 Å². The topological polar surface area (TPSA) is 98.5 Å². The van der Waals surface area contributed by atoms with Gasteiger partial charge >= 0.3 is 5.97 Å². The molecule has 8 nitrogen and oxygen atoms in total. The highest BCUT2D eigenvalue weighted by Gasteiger charge is 2.14. The smallest absolute Gasteiger partial charge is 0.306 e. The second kappa shape index (κ2) is 8.60. The SMILES string of the molecule is CCc1ccccc1NC(=O)COC(=O)CCc1c(C)nc2ncnn2c1C. The summed E-state index contributed by atoms with van der Waals surface area (Å²) in [6, 6.07) is 7.55. The summed E-state index contributed by atoms with van der Waals surface area (Å²) in [5.41, 5.74) is 4.39. The van der Waals surface area contributed by atoms with E-state index in [1.807, 2.05) is 45.0 Å². The average molecular weight is 381 g/mol. The molecule has 3 aromatic rings. The minimum absolute atomic E-state index is 0.155. The van der Waals surface area contributed by atoms with Crippen LogP contribution in [-0.2, 0) is 27.2 Å². The van der Waals surface area contributed by atoms with Gasteiger partial charge in [0.2, 0.25) is 0 Å². The lowest BCUT2D eigenvalue weighted by atomic mass is 10.1. The number of carbonyl (C=O) groups excluding carboxylic acids is 2. The third kappa shape index (κ3) is 4.33. The maximum absolute atomic E-state index is 12.1. The largest absolute Gasteiger partial charge is 0.456 e. The zero-order valence-corrected chi connectivity index (χ0v) is 16.2. The highest BCUT2D eigenvalue weighted by molar-refractivity contribution is 5.93. The Bertz CT molecular complexity index is 1010. The number of nitrogens with zero attached hydrogens (tertiary/aromatic N) is 4. The van der Waals surface area contributed by atoms with Crippen molar-refractivity contribution in [2.45, 2.75) is 40.0 Å². The van der Waals surface area contributed by atoms with Crippen LogP contribution in [0.15, 0.2) is 30.6 Å². The quantitative estimate of drug-likeness (QED) is 0.631. The Morgan fingerprint density at radius 1 is 1.21 bits per heavy atom. The van der Waals surface area contributed by atoms with Crippen LogP contribution in [0.2, 0.25) is 0 Å². The molecule has 0 fully saturated rings. The van der Waals surface area contributed by atoms with E-state index in [9.17, 15) is 9.59 Å². The van der Waals surface area contributed by atoms with Gasteiger partial charge in [-0.3, -0.25) is 9.59 Å². The molecule has 0 spiro atoms. The Morgan fingerprint density at radius 2 is 2.00 bits per heavy atom. The van der Waals surface area contributed by atoms with Gasteiger partial charge in [-0.15, -0.1) is 0 Å². The van der Waals surface area contributed by atoms with Crippen LogP contribution in [0.1, 0.15) is 35.9 Å². The summed E-state index contributed by atoms with van der Waals surface area (Å²) in [5.74, 6) is -0.255. The first-order chi connectivity index (χ1) is 13.5. The molecule has 2 aromatic heterocycles. The number of aromatic nitrogens is 4. The molecule has 1 aromatic carbocycles. The summed E-state index contributed by atoms with van der Waals surface area (Å²) < 4.78 is 6.76. The molecule has 0 saturated carbocycles. The second-order valence-corrected chi connectivity index (χ2v) is 6.45. The number of hydrogen-bond donors (Lipinski definition) is 1. The van der Waals surface area contributed by atoms with Gasteiger partial charge in [-0.2, -0.15) is 10.1 Å². The van der Waals surface area contributed by atoms with Gasteiger partial charge in [0.1, 0.15) is 6.33 Å². The molecule has 0 aliphatic rings. The van der Waals surface area contributed by atoms with Gasteiger partial charge in [0.25, 0.3) is 11.7 Å². The number of ether oxygens (including phenoxy) is 1. The molecule has 0 aliphatic carbocycles. The fraction of sp³-hybridized carbons (Fsp3) is 0.350. The summed E-state index contributed by atoms with van der Waals surface area (Å²) in [5, 5.41) is 6.92. The highest BCUT2D eigenvalue weighted by Crippen LogP contribution is 2.16. The molecule has 28 heavy (non-hydrogen) atoms. The van der Waals surface area contributed by atoms with Crippen LogP contribution in [0.3, 0.4) is 0 Å². The van der Waals surface area contributed by atoms with E-state index in [0.717, 1.165) is 34.6 Å². The molecular formula is C20H23N5O3. The first-order valence-electron chi connectivity index (χ1n) is 9.18. The lowest BCUT2D eigenvalue weighted by Crippen LogP contribution is -2.21. The van der Waals surface area contributed by atoms with Gasteiger partial charge in [0.05, 0.1) is 0 Å². The van der Waals surface area contributed by atoms with Crippen LogP contribution in [0.25, 0.3) is 5.78 Å². The molecule has 0 saturated heterocycles. The van der Waals surface area contributed by atoms with Crippen LogP contribution in [0.4, 0.5) is 5.69 Å².